The summed E-state index contributed by atoms with van der Waals surface area (Å²) < 4.78 is 11.6. The fourth-order valence-electron chi connectivity index (χ4n) is 4.17. The molecule has 3 aromatic rings. The maximum atomic E-state index is 11.0. The SMILES string of the molecule is CNC.Cc1c(OCc2ccccc2C#N)ccc2c(CCC3CCN(C(=O)O)CC3)noc12. The molecule has 1 aromatic heterocycles. The Kier molecular flexibility index (Phi) is 8.88. The van der Waals surface area contributed by atoms with Gasteiger partial charge in [0.2, 0.25) is 0 Å². The highest BCUT2D eigenvalue weighted by molar-refractivity contribution is 5.84. The third kappa shape index (κ3) is 6.06. The maximum absolute atomic E-state index is 11.0. The van der Waals surface area contributed by atoms with Crippen LogP contribution in [0.4, 0.5) is 4.79 Å². The van der Waals surface area contributed by atoms with Crippen molar-refractivity contribution in [3.63, 3.8) is 0 Å². The normalized spacial score (nSPS) is 13.8. The van der Waals surface area contributed by atoms with Gasteiger partial charge in [0.05, 0.1) is 17.3 Å². The third-order valence-corrected chi connectivity index (χ3v) is 6.11. The molecule has 0 atom stereocenters. The Hall–Kier alpha value is -3.57. The highest BCUT2D eigenvalue weighted by atomic mass is 16.5. The molecule has 2 heterocycles. The van der Waals surface area contributed by atoms with Gasteiger partial charge in [0.15, 0.2) is 5.58 Å². The summed E-state index contributed by atoms with van der Waals surface area (Å²) >= 11 is 0. The van der Waals surface area contributed by atoms with E-state index in [0.29, 0.717) is 36.9 Å². The molecule has 1 amide bonds. The van der Waals surface area contributed by atoms with Crippen LogP contribution < -0.4 is 10.1 Å². The number of carboxylic acid groups (broad SMARTS) is 1. The van der Waals surface area contributed by atoms with E-state index in [1.54, 1.807) is 6.07 Å². The minimum absolute atomic E-state index is 0.312. The fraction of sp³-hybridized carbons (Fsp3) is 0.423. The first kappa shape index (κ1) is 25.1. The van der Waals surface area contributed by atoms with E-state index in [2.05, 4.69) is 16.5 Å². The lowest BCUT2D eigenvalue weighted by Crippen LogP contribution is -2.37. The number of nitriles is 1. The molecular formula is C26H32N4O4. The van der Waals surface area contributed by atoms with Gasteiger partial charge in [-0.15, -0.1) is 0 Å². The number of aromatic nitrogens is 1. The Bertz CT molecular complexity index is 1140. The van der Waals surface area contributed by atoms with Crippen LogP contribution in [-0.4, -0.2) is 48.4 Å². The number of fused-ring (bicyclic) bond motifs is 1. The molecule has 0 saturated carbocycles. The van der Waals surface area contributed by atoms with Gasteiger partial charge >= 0.3 is 6.09 Å². The van der Waals surface area contributed by atoms with E-state index in [1.807, 2.05) is 51.4 Å². The molecule has 1 saturated heterocycles. The number of nitrogens with one attached hydrogen (secondary N) is 1. The minimum atomic E-state index is -0.828. The summed E-state index contributed by atoms with van der Waals surface area (Å²) in [6, 6.07) is 13.5. The van der Waals surface area contributed by atoms with Crippen LogP contribution in [0, 0.1) is 24.2 Å². The smallest absolute Gasteiger partial charge is 0.407 e. The number of rotatable bonds is 6. The van der Waals surface area contributed by atoms with Crippen LogP contribution in [-0.2, 0) is 13.0 Å². The second-order valence-electron chi connectivity index (χ2n) is 8.50. The predicted octanol–water partition coefficient (Wildman–Crippen LogP) is 4.75. The Morgan fingerprint density at radius 3 is 2.65 bits per heavy atom. The number of carbonyl (C=O) groups is 1. The van der Waals surface area contributed by atoms with Gasteiger partial charge in [-0.2, -0.15) is 5.26 Å². The van der Waals surface area contributed by atoms with E-state index in [0.717, 1.165) is 53.5 Å². The number of aryl methyl sites for hydroxylation is 2. The molecule has 180 valence electrons. The van der Waals surface area contributed by atoms with Crippen molar-refractivity contribution in [1.29, 1.82) is 5.26 Å². The zero-order valence-electron chi connectivity index (χ0n) is 20.0. The maximum Gasteiger partial charge on any atom is 0.407 e. The third-order valence-electron chi connectivity index (χ3n) is 6.11. The van der Waals surface area contributed by atoms with Crippen molar-refractivity contribution in [2.45, 2.75) is 39.2 Å². The Labute approximate surface area is 200 Å². The molecule has 2 aromatic carbocycles. The summed E-state index contributed by atoms with van der Waals surface area (Å²) in [5.74, 6) is 1.22. The average molecular weight is 465 g/mol. The molecule has 0 bridgehead atoms. The molecule has 8 heteroatoms. The van der Waals surface area contributed by atoms with E-state index in [1.165, 1.54) is 4.90 Å². The van der Waals surface area contributed by atoms with Gasteiger partial charge in [0, 0.05) is 29.6 Å². The first-order chi connectivity index (χ1) is 16.5. The number of piperidine rings is 1. The van der Waals surface area contributed by atoms with Crippen molar-refractivity contribution in [3.05, 3.63) is 58.8 Å². The van der Waals surface area contributed by atoms with Gasteiger partial charge < -0.3 is 24.6 Å². The number of ether oxygens (including phenoxy) is 1. The van der Waals surface area contributed by atoms with Crippen LogP contribution in [0.5, 0.6) is 5.75 Å². The van der Waals surface area contributed by atoms with Crippen molar-refractivity contribution < 1.29 is 19.2 Å². The lowest BCUT2D eigenvalue weighted by molar-refractivity contribution is 0.123. The van der Waals surface area contributed by atoms with E-state index >= 15 is 0 Å². The Morgan fingerprint density at radius 1 is 1.26 bits per heavy atom. The van der Waals surface area contributed by atoms with Crippen molar-refractivity contribution in [2.75, 3.05) is 27.2 Å². The van der Waals surface area contributed by atoms with Crippen LogP contribution in [0.15, 0.2) is 40.9 Å². The average Bonchev–Trinajstić information content (AvgIpc) is 3.27. The molecular weight excluding hydrogens is 432 g/mol. The molecule has 1 aliphatic heterocycles. The van der Waals surface area contributed by atoms with Gasteiger partial charge in [0.1, 0.15) is 12.4 Å². The Morgan fingerprint density at radius 2 is 1.97 bits per heavy atom. The van der Waals surface area contributed by atoms with Crippen molar-refractivity contribution in [3.8, 4) is 11.8 Å². The fourth-order valence-corrected chi connectivity index (χ4v) is 4.17. The molecule has 0 aliphatic carbocycles. The first-order valence-electron chi connectivity index (χ1n) is 11.5. The van der Waals surface area contributed by atoms with Crippen LogP contribution in [0.25, 0.3) is 11.0 Å². The topological polar surface area (TPSA) is 112 Å². The number of hydrogen-bond acceptors (Lipinski definition) is 6. The van der Waals surface area contributed by atoms with Crippen molar-refractivity contribution in [2.24, 2.45) is 5.92 Å². The monoisotopic (exact) mass is 464 g/mol. The number of likely N-dealkylation sites (tertiary alicyclic amines) is 1. The van der Waals surface area contributed by atoms with E-state index < -0.39 is 6.09 Å². The van der Waals surface area contributed by atoms with Gasteiger partial charge in [-0.25, -0.2) is 4.79 Å². The quantitative estimate of drug-likeness (QED) is 0.542. The number of nitrogens with zero attached hydrogens (tertiary/aromatic N) is 3. The number of benzene rings is 2. The highest BCUT2D eigenvalue weighted by Crippen LogP contribution is 2.31. The molecule has 0 unspecified atom stereocenters. The minimum Gasteiger partial charge on any atom is -0.488 e. The van der Waals surface area contributed by atoms with Gasteiger partial charge in [-0.05, 0) is 70.8 Å². The molecule has 4 rings (SSSR count). The molecule has 0 spiro atoms. The predicted molar refractivity (Wildman–Crippen MR) is 130 cm³/mol. The summed E-state index contributed by atoms with van der Waals surface area (Å²) in [6.07, 6.45) is 2.73. The number of amides is 1. The summed E-state index contributed by atoms with van der Waals surface area (Å²) in [6.45, 7) is 3.47. The standard InChI is InChI=1S/C24H25N3O4.C2H7N/c1-16-22(30-15-19-5-3-2-4-18(19)14-25)9-7-20-21(26-31-23(16)20)8-6-17-10-12-27(13-11-17)24(28)29;1-3-2/h2-5,7,9,17H,6,8,10-13,15H2,1H3,(H,28,29);3H,1-2H3. The summed E-state index contributed by atoms with van der Waals surface area (Å²) in [5.41, 5.74) is 4.00. The van der Waals surface area contributed by atoms with Crippen LogP contribution in [0.3, 0.4) is 0 Å². The van der Waals surface area contributed by atoms with E-state index in [4.69, 9.17) is 14.4 Å². The molecule has 34 heavy (non-hydrogen) atoms. The van der Waals surface area contributed by atoms with E-state index in [9.17, 15) is 10.1 Å². The Balaban J connectivity index is 0.00000103. The largest absolute Gasteiger partial charge is 0.488 e. The second kappa shape index (κ2) is 12.1. The zero-order chi connectivity index (χ0) is 24.5. The zero-order valence-corrected chi connectivity index (χ0v) is 20.0. The van der Waals surface area contributed by atoms with Gasteiger partial charge in [-0.3, -0.25) is 0 Å². The van der Waals surface area contributed by atoms with Crippen LogP contribution in [0.2, 0.25) is 0 Å². The van der Waals surface area contributed by atoms with Crippen molar-refractivity contribution in [1.82, 2.24) is 15.4 Å². The summed E-state index contributed by atoms with van der Waals surface area (Å²) in [7, 11) is 3.75. The van der Waals surface area contributed by atoms with Crippen molar-refractivity contribution >= 4 is 17.1 Å². The summed E-state index contributed by atoms with van der Waals surface area (Å²) in [4.78, 5) is 12.5. The molecule has 0 radical (unpaired) electrons. The molecule has 1 fully saturated rings. The van der Waals surface area contributed by atoms with Gasteiger partial charge in [0.25, 0.3) is 0 Å². The van der Waals surface area contributed by atoms with Crippen LogP contribution >= 0.6 is 0 Å². The molecule has 1 aliphatic rings. The van der Waals surface area contributed by atoms with Crippen LogP contribution in [0.1, 0.15) is 41.6 Å². The lowest BCUT2D eigenvalue weighted by atomic mass is 9.91. The molecule has 2 N–H and O–H groups in total. The first-order valence-corrected chi connectivity index (χ1v) is 11.5. The molecule has 8 nitrogen and oxygen atoms in total. The highest BCUT2D eigenvalue weighted by Gasteiger charge is 2.23. The second-order valence-corrected chi connectivity index (χ2v) is 8.50. The van der Waals surface area contributed by atoms with Gasteiger partial charge in [-0.1, -0.05) is 23.4 Å². The lowest BCUT2D eigenvalue weighted by Gasteiger charge is -2.29. The number of hydrogen-bond donors (Lipinski definition) is 2. The summed E-state index contributed by atoms with van der Waals surface area (Å²) in [5, 5.41) is 26.4. The van der Waals surface area contributed by atoms with E-state index in [-0.39, 0.29) is 0 Å².